The van der Waals surface area contributed by atoms with Crippen molar-refractivity contribution in [3.05, 3.63) is 17.5 Å². The monoisotopic (exact) mass is 289 g/mol. The molecule has 21 heavy (non-hydrogen) atoms. The number of rotatable bonds is 6. The van der Waals surface area contributed by atoms with Gasteiger partial charge in [0.1, 0.15) is 0 Å². The van der Waals surface area contributed by atoms with Crippen LogP contribution in [0.3, 0.4) is 0 Å². The van der Waals surface area contributed by atoms with Crippen LogP contribution < -0.4 is 5.32 Å². The summed E-state index contributed by atoms with van der Waals surface area (Å²) < 4.78 is 1.64. The lowest BCUT2D eigenvalue weighted by Gasteiger charge is -2.31. The van der Waals surface area contributed by atoms with Crippen LogP contribution in [0.4, 0.5) is 5.95 Å². The highest BCUT2D eigenvalue weighted by atomic mass is 15.5. The molecule has 2 rings (SSSR count). The number of hydrogen-bond donors (Lipinski definition) is 1. The van der Waals surface area contributed by atoms with Crippen LogP contribution in [0.2, 0.25) is 0 Å². The summed E-state index contributed by atoms with van der Waals surface area (Å²) in [5.41, 5.74) is 1.88. The lowest BCUT2D eigenvalue weighted by molar-refractivity contribution is 0.415. The molecule has 0 aliphatic rings. The molecule has 0 saturated carbocycles. The zero-order chi connectivity index (χ0) is 15.5. The van der Waals surface area contributed by atoms with Crippen molar-refractivity contribution in [1.29, 1.82) is 0 Å². The molecular formula is C14H23N7. The van der Waals surface area contributed by atoms with Crippen LogP contribution in [-0.2, 0) is 0 Å². The quantitative estimate of drug-likeness (QED) is 0.879. The molecular weight excluding hydrogens is 266 g/mol. The van der Waals surface area contributed by atoms with Crippen LogP contribution in [-0.4, -0.2) is 35.7 Å². The molecule has 2 aromatic rings. The van der Waals surface area contributed by atoms with E-state index in [1.807, 2.05) is 19.9 Å². The summed E-state index contributed by atoms with van der Waals surface area (Å²) in [6.45, 7) is 10.4. The first-order chi connectivity index (χ1) is 10.0. The highest BCUT2D eigenvalue weighted by molar-refractivity contribution is 5.27. The van der Waals surface area contributed by atoms with Crippen molar-refractivity contribution < 1.29 is 0 Å². The molecule has 0 amide bonds. The van der Waals surface area contributed by atoms with Crippen LogP contribution in [0.25, 0.3) is 5.95 Å². The molecule has 7 heteroatoms. The van der Waals surface area contributed by atoms with Crippen LogP contribution in [0.5, 0.6) is 0 Å². The Kier molecular flexibility index (Phi) is 4.50. The van der Waals surface area contributed by atoms with E-state index in [0.717, 1.165) is 30.7 Å². The average molecular weight is 289 g/mol. The maximum absolute atomic E-state index is 4.32. The van der Waals surface area contributed by atoms with E-state index in [-0.39, 0.29) is 5.54 Å². The maximum atomic E-state index is 4.32. The van der Waals surface area contributed by atoms with E-state index < -0.39 is 0 Å². The van der Waals surface area contributed by atoms with Gasteiger partial charge in [0, 0.05) is 11.2 Å². The van der Waals surface area contributed by atoms with Crippen molar-refractivity contribution >= 4 is 5.95 Å². The van der Waals surface area contributed by atoms with Gasteiger partial charge in [0.2, 0.25) is 0 Å². The molecule has 0 aromatic carbocycles. The highest BCUT2D eigenvalue weighted by Gasteiger charge is 2.24. The Morgan fingerprint density at radius 1 is 1.00 bits per heavy atom. The Labute approximate surface area is 125 Å². The molecule has 2 heterocycles. The van der Waals surface area contributed by atoms with Gasteiger partial charge in [-0.3, -0.25) is 0 Å². The third-order valence-corrected chi connectivity index (χ3v) is 4.07. The second kappa shape index (κ2) is 6.15. The molecule has 0 spiro atoms. The normalized spacial score (nSPS) is 11.7. The number of aryl methyl sites for hydroxylation is 2. The maximum Gasteiger partial charge on any atom is 0.289 e. The van der Waals surface area contributed by atoms with E-state index in [0.29, 0.717) is 11.9 Å². The lowest BCUT2D eigenvalue weighted by atomic mass is 9.90. The molecule has 0 radical (unpaired) electrons. The number of hydrogen-bond acceptors (Lipinski definition) is 6. The summed E-state index contributed by atoms with van der Waals surface area (Å²) in [5.74, 6) is 0.854. The summed E-state index contributed by atoms with van der Waals surface area (Å²) in [6, 6.07) is 1.96. The minimum Gasteiger partial charge on any atom is -0.346 e. The Morgan fingerprint density at radius 3 is 2.00 bits per heavy atom. The van der Waals surface area contributed by atoms with Crippen molar-refractivity contribution in [2.75, 3.05) is 5.32 Å². The number of nitrogens with one attached hydrogen (secondary N) is 1. The van der Waals surface area contributed by atoms with E-state index in [1.54, 1.807) is 4.68 Å². The van der Waals surface area contributed by atoms with Gasteiger partial charge in [0.15, 0.2) is 0 Å². The van der Waals surface area contributed by atoms with Crippen molar-refractivity contribution in [3.8, 4) is 5.95 Å². The van der Waals surface area contributed by atoms with Crippen molar-refractivity contribution in [2.24, 2.45) is 0 Å². The zero-order valence-electron chi connectivity index (χ0n) is 13.4. The van der Waals surface area contributed by atoms with Gasteiger partial charge < -0.3 is 5.32 Å². The van der Waals surface area contributed by atoms with Gasteiger partial charge in [0.25, 0.3) is 11.9 Å². The van der Waals surface area contributed by atoms with Gasteiger partial charge in [-0.15, -0.1) is 20.4 Å². The minimum atomic E-state index is 0.00306. The summed E-state index contributed by atoms with van der Waals surface area (Å²) in [5, 5.41) is 24.2. The fourth-order valence-electron chi connectivity index (χ4n) is 2.44. The van der Waals surface area contributed by atoms with Crippen LogP contribution in [0.15, 0.2) is 6.07 Å². The van der Waals surface area contributed by atoms with E-state index in [2.05, 4.69) is 51.6 Å². The summed E-state index contributed by atoms with van der Waals surface area (Å²) in [7, 11) is 0. The topological polar surface area (TPSA) is 81.4 Å². The van der Waals surface area contributed by atoms with Gasteiger partial charge in [-0.25, -0.2) is 4.68 Å². The molecule has 7 nitrogen and oxygen atoms in total. The predicted molar refractivity (Wildman–Crippen MR) is 81.4 cm³/mol. The molecule has 0 atom stereocenters. The first kappa shape index (κ1) is 15.3. The van der Waals surface area contributed by atoms with Crippen LogP contribution >= 0.6 is 0 Å². The average Bonchev–Trinajstić information content (AvgIpc) is 2.84. The van der Waals surface area contributed by atoms with E-state index in [1.165, 1.54) is 0 Å². The van der Waals surface area contributed by atoms with E-state index in [9.17, 15) is 0 Å². The van der Waals surface area contributed by atoms with Crippen molar-refractivity contribution in [3.63, 3.8) is 0 Å². The van der Waals surface area contributed by atoms with Gasteiger partial charge in [0.05, 0.1) is 5.69 Å². The largest absolute Gasteiger partial charge is 0.346 e. The summed E-state index contributed by atoms with van der Waals surface area (Å²) in [4.78, 5) is 0. The zero-order valence-corrected chi connectivity index (χ0v) is 13.4. The molecule has 2 aromatic heterocycles. The first-order valence-electron chi connectivity index (χ1n) is 7.42. The van der Waals surface area contributed by atoms with Gasteiger partial charge >= 0.3 is 0 Å². The minimum absolute atomic E-state index is 0.00306. The van der Waals surface area contributed by atoms with E-state index in [4.69, 9.17) is 0 Å². The van der Waals surface area contributed by atoms with Gasteiger partial charge in [-0.2, -0.15) is 5.10 Å². The van der Waals surface area contributed by atoms with Crippen LogP contribution in [0.1, 0.15) is 51.4 Å². The molecule has 0 fully saturated rings. The number of aromatic nitrogens is 6. The molecule has 0 aliphatic heterocycles. The standard InChI is InChI=1S/C14H23N7/c1-6-14(7-2,8-3)15-12-16-18-13(19-17-12)21-11(5)9-10(4)20-21/h9H,6-8H2,1-5H3,(H,15,16,17). The van der Waals surface area contributed by atoms with Crippen molar-refractivity contribution in [1.82, 2.24) is 30.2 Å². The second-order valence-electron chi connectivity index (χ2n) is 5.33. The Morgan fingerprint density at radius 2 is 1.57 bits per heavy atom. The third-order valence-electron chi connectivity index (χ3n) is 4.07. The molecule has 0 bridgehead atoms. The molecule has 0 unspecified atom stereocenters. The third kappa shape index (κ3) is 3.17. The number of nitrogens with zero attached hydrogens (tertiary/aromatic N) is 6. The SMILES string of the molecule is CCC(CC)(CC)Nc1nnc(-n2nc(C)cc2C)nn1. The van der Waals surface area contributed by atoms with Gasteiger partial charge in [-0.05, 0) is 39.2 Å². The smallest absolute Gasteiger partial charge is 0.289 e. The predicted octanol–water partition coefficient (Wildman–Crippen LogP) is 2.45. The van der Waals surface area contributed by atoms with E-state index >= 15 is 0 Å². The Bertz CT molecular complexity index is 576. The Hall–Kier alpha value is -2.05. The van der Waals surface area contributed by atoms with Gasteiger partial charge in [-0.1, -0.05) is 20.8 Å². The second-order valence-corrected chi connectivity index (χ2v) is 5.33. The molecule has 114 valence electrons. The fraction of sp³-hybridized carbons (Fsp3) is 0.643. The highest BCUT2D eigenvalue weighted by Crippen LogP contribution is 2.23. The summed E-state index contributed by atoms with van der Waals surface area (Å²) in [6.07, 6.45) is 3.01. The Balaban J connectivity index is 2.21. The molecule has 1 N–H and O–H groups in total. The fourth-order valence-corrected chi connectivity index (χ4v) is 2.44. The molecule has 0 saturated heterocycles. The first-order valence-corrected chi connectivity index (χ1v) is 7.42. The lowest BCUT2D eigenvalue weighted by Crippen LogP contribution is -2.37. The molecule has 0 aliphatic carbocycles. The van der Waals surface area contributed by atoms with Crippen LogP contribution in [0, 0.1) is 13.8 Å². The summed E-state index contributed by atoms with van der Waals surface area (Å²) >= 11 is 0. The number of anilines is 1. The van der Waals surface area contributed by atoms with Crippen molar-refractivity contribution in [2.45, 2.75) is 59.4 Å².